The van der Waals surface area contributed by atoms with Gasteiger partial charge in [0.25, 0.3) is 11.8 Å². The number of carbonyl (C=O) groups is 2. The van der Waals surface area contributed by atoms with Gasteiger partial charge in [-0.05, 0) is 48.2 Å². The van der Waals surface area contributed by atoms with Crippen LogP contribution in [0.3, 0.4) is 0 Å². The molecule has 2 amide bonds. The number of benzene rings is 1. The molecule has 1 aromatic carbocycles. The molecule has 0 radical (unpaired) electrons. The van der Waals surface area contributed by atoms with Crippen molar-refractivity contribution < 1.29 is 19.1 Å². The lowest BCUT2D eigenvalue weighted by atomic mass is 9.94. The molecule has 33 heavy (non-hydrogen) atoms. The highest BCUT2D eigenvalue weighted by Crippen LogP contribution is 2.32. The van der Waals surface area contributed by atoms with Crippen LogP contribution in [0.25, 0.3) is 0 Å². The maximum atomic E-state index is 13.2. The van der Waals surface area contributed by atoms with Gasteiger partial charge in [-0.2, -0.15) is 0 Å². The lowest BCUT2D eigenvalue weighted by molar-refractivity contribution is 0.0733. The van der Waals surface area contributed by atoms with E-state index in [-0.39, 0.29) is 17.5 Å². The number of amides is 2. The number of rotatable bonds is 4. The Morgan fingerprint density at radius 1 is 1.09 bits per heavy atom. The van der Waals surface area contributed by atoms with E-state index in [1.54, 1.807) is 18.2 Å². The maximum Gasteiger partial charge on any atom is 0.271 e. The minimum atomic E-state index is -0.286. The highest BCUT2D eigenvalue weighted by molar-refractivity contribution is 5.95. The van der Waals surface area contributed by atoms with Crippen molar-refractivity contribution >= 4 is 11.8 Å². The summed E-state index contributed by atoms with van der Waals surface area (Å²) in [7, 11) is 0. The summed E-state index contributed by atoms with van der Waals surface area (Å²) in [6.45, 7) is 4.29. The molecule has 2 aromatic heterocycles. The molecule has 0 aliphatic carbocycles. The Balaban J connectivity index is 1.31. The number of nitrogens with zero attached hydrogens (tertiary/aromatic N) is 4. The molecule has 4 heterocycles. The van der Waals surface area contributed by atoms with Crippen molar-refractivity contribution in [2.75, 3.05) is 19.8 Å². The summed E-state index contributed by atoms with van der Waals surface area (Å²) in [6, 6.07) is 5.29. The predicted molar refractivity (Wildman–Crippen MR) is 118 cm³/mol. The molecule has 0 unspecified atom stereocenters. The summed E-state index contributed by atoms with van der Waals surface area (Å²) < 4.78 is 11.2. The van der Waals surface area contributed by atoms with Crippen molar-refractivity contribution in [3.05, 3.63) is 76.6 Å². The van der Waals surface area contributed by atoms with Gasteiger partial charge < -0.3 is 19.7 Å². The number of pyridine rings is 1. The van der Waals surface area contributed by atoms with E-state index < -0.39 is 0 Å². The topological polar surface area (TPSA) is 107 Å². The fourth-order valence-electron chi connectivity index (χ4n) is 4.16. The van der Waals surface area contributed by atoms with E-state index >= 15 is 0 Å². The molecule has 2 aliphatic rings. The predicted octanol–water partition coefficient (Wildman–Crippen LogP) is 2.08. The molecule has 0 saturated carbocycles. The van der Waals surface area contributed by atoms with Crippen LogP contribution in [0, 0.1) is 6.92 Å². The molecule has 0 bridgehead atoms. The van der Waals surface area contributed by atoms with Crippen LogP contribution in [0.1, 0.15) is 43.2 Å². The van der Waals surface area contributed by atoms with Gasteiger partial charge in [0.1, 0.15) is 18.9 Å². The first kappa shape index (κ1) is 20.9. The molecule has 9 heteroatoms. The molecule has 5 rings (SSSR count). The van der Waals surface area contributed by atoms with E-state index in [0.29, 0.717) is 56.3 Å². The first-order valence-corrected chi connectivity index (χ1v) is 10.8. The van der Waals surface area contributed by atoms with E-state index in [1.165, 1.54) is 18.6 Å². The quantitative estimate of drug-likeness (QED) is 0.655. The van der Waals surface area contributed by atoms with E-state index in [9.17, 15) is 9.59 Å². The van der Waals surface area contributed by atoms with Crippen LogP contribution >= 0.6 is 0 Å². The van der Waals surface area contributed by atoms with Gasteiger partial charge in [0.2, 0.25) is 0 Å². The largest absolute Gasteiger partial charge is 0.486 e. The molecule has 0 fully saturated rings. The van der Waals surface area contributed by atoms with E-state index in [4.69, 9.17) is 9.47 Å². The summed E-state index contributed by atoms with van der Waals surface area (Å²) in [5.74, 6) is 0.916. The lowest BCUT2D eigenvalue weighted by Gasteiger charge is -2.31. The third-order valence-corrected chi connectivity index (χ3v) is 5.89. The van der Waals surface area contributed by atoms with Crippen LogP contribution in [0.2, 0.25) is 0 Å². The molecule has 1 N–H and O–H groups in total. The number of hydrogen-bond acceptors (Lipinski definition) is 7. The Kier molecular flexibility index (Phi) is 5.60. The zero-order valence-corrected chi connectivity index (χ0v) is 18.2. The minimum absolute atomic E-state index is 0.0595. The van der Waals surface area contributed by atoms with Gasteiger partial charge in [-0.1, -0.05) is 0 Å². The molecule has 3 aromatic rings. The molecular weight excluding hydrogens is 422 g/mol. The van der Waals surface area contributed by atoms with Gasteiger partial charge >= 0.3 is 0 Å². The summed E-state index contributed by atoms with van der Waals surface area (Å²) in [5, 5.41) is 2.91. The third kappa shape index (κ3) is 4.21. The Morgan fingerprint density at radius 3 is 2.76 bits per heavy atom. The van der Waals surface area contributed by atoms with Crippen LogP contribution in [-0.2, 0) is 19.5 Å². The molecule has 2 aliphatic heterocycles. The second kappa shape index (κ2) is 8.85. The summed E-state index contributed by atoms with van der Waals surface area (Å²) in [4.78, 5) is 39.8. The number of carbonyl (C=O) groups excluding carboxylic acids is 2. The number of ether oxygens (including phenoxy) is 2. The standard InChI is InChI=1S/C24H23N5O4/c1-15-19(12-28-23(30)20-13-25-5-6-26-20)18-4-7-29(14-17(18)11-27-15)24(31)16-2-3-21-22(10-16)33-9-8-32-21/h2-3,5-6,10-11,13H,4,7-9,12,14H2,1H3,(H,28,30). The maximum absolute atomic E-state index is 13.2. The van der Waals surface area contributed by atoms with Crippen molar-refractivity contribution in [1.82, 2.24) is 25.2 Å². The van der Waals surface area contributed by atoms with Gasteiger partial charge in [-0.15, -0.1) is 0 Å². The van der Waals surface area contributed by atoms with Gasteiger partial charge in [-0.25, -0.2) is 4.98 Å². The fraction of sp³-hybridized carbons (Fsp3) is 0.292. The Morgan fingerprint density at radius 2 is 1.94 bits per heavy atom. The second-order valence-corrected chi connectivity index (χ2v) is 7.93. The lowest BCUT2D eigenvalue weighted by Crippen LogP contribution is -2.37. The van der Waals surface area contributed by atoms with Crippen molar-refractivity contribution in [3.8, 4) is 11.5 Å². The van der Waals surface area contributed by atoms with Gasteiger partial charge in [-0.3, -0.25) is 19.6 Å². The van der Waals surface area contributed by atoms with Crippen molar-refractivity contribution in [1.29, 1.82) is 0 Å². The number of nitrogens with one attached hydrogen (secondary N) is 1. The van der Waals surface area contributed by atoms with Crippen LogP contribution in [0.4, 0.5) is 0 Å². The molecule has 0 saturated heterocycles. The van der Waals surface area contributed by atoms with E-state index in [0.717, 1.165) is 22.4 Å². The highest BCUT2D eigenvalue weighted by atomic mass is 16.6. The van der Waals surface area contributed by atoms with Gasteiger partial charge in [0.15, 0.2) is 11.5 Å². The molecular formula is C24H23N5O4. The Labute approximate surface area is 190 Å². The van der Waals surface area contributed by atoms with Crippen LogP contribution < -0.4 is 14.8 Å². The summed E-state index contributed by atoms with van der Waals surface area (Å²) in [6.07, 6.45) is 6.95. The molecule has 9 nitrogen and oxygen atoms in total. The van der Waals surface area contributed by atoms with E-state index in [2.05, 4.69) is 20.3 Å². The summed E-state index contributed by atoms with van der Waals surface area (Å²) in [5.41, 5.74) is 4.80. The molecule has 168 valence electrons. The van der Waals surface area contributed by atoms with Crippen LogP contribution in [-0.4, -0.2) is 51.4 Å². The Hall–Kier alpha value is -4.01. The van der Waals surface area contributed by atoms with Crippen molar-refractivity contribution in [2.24, 2.45) is 0 Å². The monoisotopic (exact) mass is 445 g/mol. The molecule has 0 spiro atoms. The average Bonchev–Trinajstić information content (AvgIpc) is 2.87. The minimum Gasteiger partial charge on any atom is -0.486 e. The SMILES string of the molecule is Cc1ncc2c(c1CNC(=O)c1cnccn1)CCN(C(=O)c1ccc3c(c1)OCCO3)C2. The fourth-order valence-corrected chi connectivity index (χ4v) is 4.16. The van der Waals surface area contributed by atoms with Crippen LogP contribution in [0.5, 0.6) is 11.5 Å². The number of hydrogen-bond donors (Lipinski definition) is 1. The first-order chi connectivity index (χ1) is 16.1. The third-order valence-electron chi connectivity index (χ3n) is 5.89. The zero-order valence-electron chi connectivity index (χ0n) is 18.2. The Bertz CT molecular complexity index is 1210. The number of aryl methyl sites for hydroxylation is 1. The normalized spacial score (nSPS) is 14.4. The van der Waals surface area contributed by atoms with Crippen molar-refractivity contribution in [2.45, 2.75) is 26.4 Å². The van der Waals surface area contributed by atoms with E-state index in [1.807, 2.05) is 18.0 Å². The smallest absolute Gasteiger partial charge is 0.271 e. The van der Waals surface area contributed by atoms with Gasteiger partial charge in [0.05, 0.1) is 6.20 Å². The van der Waals surface area contributed by atoms with Gasteiger partial charge in [0, 0.05) is 49.5 Å². The zero-order chi connectivity index (χ0) is 22.8. The average molecular weight is 445 g/mol. The van der Waals surface area contributed by atoms with Crippen molar-refractivity contribution in [3.63, 3.8) is 0 Å². The van der Waals surface area contributed by atoms with Crippen LogP contribution in [0.15, 0.2) is 43.0 Å². The summed E-state index contributed by atoms with van der Waals surface area (Å²) >= 11 is 0. The first-order valence-electron chi connectivity index (χ1n) is 10.8. The number of aromatic nitrogens is 3. The second-order valence-electron chi connectivity index (χ2n) is 7.93. The number of fused-ring (bicyclic) bond motifs is 2. The highest BCUT2D eigenvalue weighted by Gasteiger charge is 2.26. The molecule has 0 atom stereocenters.